The lowest BCUT2D eigenvalue weighted by atomic mass is 9.91. The van der Waals surface area contributed by atoms with Crippen molar-refractivity contribution in [2.75, 3.05) is 26.7 Å². The molecule has 4 rings (SSSR count). The average Bonchev–Trinajstić information content (AvgIpc) is 3.02. The van der Waals surface area contributed by atoms with Gasteiger partial charge in [0.2, 0.25) is 11.8 Å². The summed E-state index contributed by atoms with van der Waals surface area (Å²) < 4.78 is 5.20. The van der Waals surface area contributed by atoms with Crippen molar-refractivity contribution in [3.63, 3.8) is 0 Å². The van der Waals surface area contributed by atoms with Gasteiger partial charge in [-0.2, -0.15) is 0 Å². The zero-order valence-electron chi connectivity index (χ0n) is 19.2. The number of hydrogen-bond acceptors (Lipinski definition) is 3. The van der Waals surface area contributed by atoms with Crippen molar-refractivity contribution in [3.8, 4) is 16.9 Å². The summed E-state index contributed by atoms with van der Waals surface area (Å²) in [6.45, 7) is 3.49. The van der Waals surface area contributed by atoms with Gasteiger partial charge < -0.3 is 15.0 Å². The highest BCUT2D eigenvalue weighted by Crippen LogP contribution is 2.27. The SMILES string of the molecule is COc1ccc(CC(=O)N2CCNC(=O)[C@H](Cc3ccccc3-c3ccc(C)cc3)C2)cc1. The summed E-state index contributed by atoms with van der Waals surface area (Å²) in [6.07, 6.45) is 0.896. The van der Waals surface area contributed by atoms with Crippen molar-refractivity contribution in [2.24, 2.45) is 5.92 Å². The first-order valence-electron chi connectivity index (χ1n) is 11.4. The second-order valence-electron chi connectivity index (χ2n) is 8.58. The molecule has 1 saturated heterocycles. The van der Waals surface area contributed by atoms with Gasteiger partial charge in [-0.05, 0) is 47.7 Å². The van der Waals surface area contributed by atoms with Gasteiger partial charge in [0.05, 0.1) is 19.4 Å². The monoisotopic (exact) mass is 442 g/mol. The highest BCUT2D eigenvalue weighted by molar-refractivity contribution is 5.83. The molecule has 1 aliphatic rings. The summed E-state index contributed by atoms with van der Waals surface area (Å²) >= 11 is 0. The molecule has 1 heterocycles. The first-order chi connectivity index (χ1) is 16.0. The van der Waals surface area contributed by atoms with E-state index in [9.17, 15) is 9.59 Å². The van der Waals surface area contributed by atoms with Crippen molar-refractivity contribution < 1.29 is 14.3 Å². The Balaban J connectivity index is 1.50. The predicted octanol–water partition coefficient (Wildman–Crippen LogP) is 4.03. The Morgan fingerprint density at radius 2 is 1.76 bits per heavy atom. The number of ether oxygens (including phenoxy) is 1. The Kier molecular flexibility index (Phi) is 7.08. The molecule has 5 nitrogen and oxygen atoms in total. The third-order valence-electron chi connectivity index (χ3n) is 6.21. The van der Waals surface area contributed by atoms with E-state index < -0.39 is 0 Å². The largest absolute Gasteiger partial charge is 0.497 e. The van der Waals surface area contributed by atoms with E-state index >= 15 is 0 Å². The molecule has 0 spiro atoms. The fraction of sp³-hybridized carbons (Fsp3) is 0.286. The van der Waals surface area contributed by atoms with Gasteiger partial charge in [-0.25, -0.2) is 0 Å². The van der Waals surface area contributed by atoms with E-state index in [0.717, 1.165) is 28.0 Å². The standard InChI is InChI=1S/C28H30N2O3/c1-20-7-11-22(12-8-20)26-6-4-3-5-23(26)18-24-19-30(16-15-29-28(24)32)27(31)17-21-9-13-25(33-2)14-10-21/h3-14,24H,15-19H2,1-2H3,(H,29,32)/t24-/m1/s1. The molecule has 1 aliphatic heterocycles. The number of aryl methyl sites for hydroxylation is 1. The molecule has 0 aliphatic carbocycles. The van der Waals surface area contributed by atoms with E-state index in [2.05, 4.69) is 48.6 Å². The molecule has 33 heavy (non-hydrogen) atoms. The zero-order valence-corrected chi connectivity index (χ0v) is 19.2. The maximum Gasteiger partial charge on any atom is 0.227 e. The van der Waals surface area contributed by atoms with Crippen LogP contribution in [0.5, 0.6) is 5.75 Å². The van der Waals surface area contributed by atoms with Crippen LogP contribution in [0.2, 0.25) is 0 Å². The molecule has 1 N–H and O–H groups in total. The van der Waals surface area contributed by atoms with Crippen LogP contribution in [0, 0.1) is 12.8 Å². The maximum absolute atomic E-state index is 13.1. The number of methoxy groups -OCH3 is 1. The van der Waals surface area contributed by atoms with Gasteiger partial charge in [0.15, 0.2) is 0 Å². The smallest absolute Gasteiger partial charge is 0.227 e. The average molecular weight is 443 g/mol. The van der Waals surface area contributed by atoms with Crippen LogP contribution in [0.1, 0.15) is 16.7 Å². The van der Waals surface area contributed by atoms with E-state index in [1.54, 1.807) is 7.11 Å². The first kappa shape index (κ1) is 22.6. The fourth-order valence-corrected chi connectivity index (χ4v) is 4.29. The van der Waals surface area contributed by atoms with E-state index in [0.29, 0.717) is 32.5 Å². The summed E-state index contributed by atoms with van der Waals surface area (Å²) in [5, 5.41) is 3.00. The normalized spacial score (nSPS) is 16.1. The minimum atomic E-state index is -0.293. The van der Waals surface area contributed by atoms with Crippen LogP contribution in [0.25, 0.3) is 11.1 Å². The Morgan fingerprint density at radius 3 is 2.48 bits per heavy atom. The minimum Gasteiger partial charge on any atom is -0.497 e. The molecule has 3 aromatic rings. The van der Waals surface area contributed by atoms with Crippen molar-refractivity contribution in [2.45, 2.75) is 19.8 Å². The van der Waals surface area contributed by atoms with Crippen LogP contribution in [0.15, 0.2) is 72.8 Å². The molecule has 1 atom stereocenters. The Bertz CT molecular complexity index is 1110. The number of nitrogens with zero attached hydrogens (tertiary/aromatic N) is 1. The molecule has 0 bridgehead atoms. The molecule has 3 aromatic carbocycles. The number of benzene rings is 3. The number of amides is 2. The van der Waals surface area contributed by atoms with E-state index in [1.807, 2.05) is 41.3 Å². The van der Waals surface area contributed by atoms with Crippen molar-refractivity contribution in [1.29, 1.82) is 0 Å². The molecule has 0 saturated carbocycles. The van der Waals surface area contributed by atoms with Crippen LogP contribution in [-0.4, -0.2) is 43.5 Å². The summed E-state index contributed by atoms with van der Waals surface area (Å²) in [5.74, 6) is 0.518. The fourth-order valence-electron chi connectivity index (χ4n) is 4.29. The molecule has 2 amide bonds. The van der Waals surface area contributed by atoms with E-state index in [4.69, 9.17) is 4.74 Å². The molecule has 170 valence electrons. The van der Waals surface area contributed by atoms with Gasteiger partial charge in [-0.3, -0.25) is 9.59 Å². The molecule has 5 heteroatoms. The quantitative estimate of drug-likeness (QED) is 0.627. The highest BCUT2D eigenvalue weighted by atomic mass is 16.5. The summed E-state index contributed by atoms with van der Waals surface area (Å²) in [7, 11) is 1.62. The lowest BCUT2D eigenvalue weighted by Crippen LogP contribution is -2.38. The number of rotatable bonds is 6. The molecule has 0 radical (unpaired) electrons. The topological polar surface area (TPSA) is 58.6 Å². The van der Waals surface area contributed by atoms with Gasteiger partial charge in [-0.15, -0.1) is 0 Å². The van der Waals surface area contributed by atoms with Crippen LogP contribution >= 0.6 is 0 Å². The number of carbonyl (C=O) groups is 2. The second kappa shape index (κ2) is 10.3. The molecule has 0 aromatic heterocycles. The Morgan fingerprint density at radius 1 is 1.03 bits per heavy atom. The third kappa shape index (κ3) is 5.61. The van der Waals surface area contributed by atoms with Crippen LogP contribution in [-0.2, 0) is 22.4 Å². The van der Waals surface area contributed by atoms with Crippen molar-refractivity contribution in [3.05, 3.63) is 89.5 Å². The van der Waals surface area contributed by atoms with Gasteiger partial charge in [0.25, 0.3) is 0 Å². The molecule has 0 unspecified atom stereocenters. The highest BCUT2D eigenvalue weighted by Gasteiger charge is 2.28. The van der Waals surface area contributed by atoms with Crippen molar-refractivity contribution in [1.82, 2.24) is 10.2 Å². The van der Waals surface area contributed by atoms with Gasteiger partial charge in [0.1, 0.15) is 5.75 Å². The minimum absolute atomic E-state index is 0.00783. The van der Waals surface area contributed by atoms with Gasteiger partial charge >= 0.3 is 0 Å². The molecule has 1 fully saturated rings. The number of hydrogen-bond donors (Lipinski definition) is 1. The zero-order chi connectivity index (χ0) is 23.2. The molecular formula is C28H30N2O3. The number of carbonyl (C=O) groups excluding carboxylic acids is 2. The summed E-state index contributed by atoms with van der Waals surface area (Å²) in [4.78, 5) is 27.7. The lowest BCUT2D eigenvalue weighted by Gasteiger charge is -2.24. The van der Waals surface area contributed by atoms with Gasteiger partial charge in [-0.1, -0.05) is 66.2 Å². The van der Waals surface area contributed by atoms with Crippen LogP contribution in [0.4, 0.5) is 0 Å². The first-order valence-corrected chi connectivity index (χ1v) is 11.4. The van der Waals surface area contributed by atoms with E-state index in [-0.39, 0.29) is 17.7 Å². The number of nitrogens with one attached hydrogen (secondary N) is 1. The lowest BCUT2D eigenvalue weighted by molar-refractivity contribution is -0.131. The Labute approximate surface area is 195 Å². The summed E-state index contributed by atoms with van der Waals surface area (Å²) in [6, 6.07) is 24.2. The third-order valence-corrected chi connectivity index (χ3v) is 6.21. The van der Waals surface area contributed by atoms with Gasteiger partial charge in [0, 0.05) is 19.6 Å². The molecular weight excluding hydrogens is 412 g/mol. The van der Waals surface area contributed by atoms with Crippen molar-refractivity contribution >= 4 is 11.8 Å². The van der Waals surface area contributed by atoms with Crippen LogP contribution in [0.3, 0.4) is 0 Å². The second-order valence-corrected chi connectivity index (χ2v) is 8.58. The summed E-state index contributed by atoms with van der Waals surface area (Å²) in [5.41, 5.74) is 5.53. The predicted molar refractivity (Wildman–Crippen MR) is 130 cm³/mol. The van der Waals surface area contributed by atoms with Crippen LogP contribution < -0.4 is 10.1 Å². The maximum atomic E-state index is 13.1. The Hall–Kier alpha value is -3.60. The van der Waals surface area contributed by atoms with E-state index in [1.165, 1.54) is 5.56 Å².